The largest absolute Gasteiger partial charge is 0.412 e. The first-order chi connectivity index (χ1) is 8.64. The van der Waals surface area contributed by atoms with E-state index in [4.69, 9.17) is 22.4 Å². The molecule has 1 atom stereocenters. The molecule has 1 aromatic rings. The van der Waals surface area contributed by atoms with Gasteiger partial charge in [0.15, 0.2) is 0 Å². The van der Waals surface area contributed by atoms with E-state index < -0.39 is 0 Å². The zero-order valence-electron chi connectivity index (χ0n) is 10.4. The molecular weight excluding hydrogens is 246 g/mol. The van der Waals surface area contributed by atoms with Crippen LogP contribution in [0.3, 0.4) is 0 Å². The number of nitrogens with one attached hydrogen (secondary N) is 1. The van der Waals surface area contributed by atoms with Crippen LogP contribution < -0.4 is 5.73 Å². The van der Waals surface area contributed by atoms with Crippen LogP contribution in [0.25, 0.3) is 0 Å². The van der Waals surface area contributed by atoms with Gasteiger partial charge in [-0.3, -0.25) is 0 Å². The number of H-pyrrole nitrogens is 1. The molecule has 4 saturated carbocycles. The number of rotatable bonds is 2. The predicted octanol–water partition coefficient (Wildman–Crippen LogP) is 2.95. The molecule has 0 aliphatic heterocycles. The molecule has 1 unspecified atom stereocenters. The molecular formula is C13H19N3OS. The Morgan fingerprint density at radius 3 is 2.22 bits per heavy atom. The maximum atomic E-state index is 6.48. The van der Waals surface area contributed by atoms with Crippen molar-refractivity contribution in [1.29, 1.82) is 0 Å². The van der Waals surface area contributed by atoms with Gasteiger partial charge in [0.05, 0.1) is 6.04 Å². The Labute approximate surface area is 111 Å². The van der Waals surface area contributed by atoms with E-state index in [0.717, 1.165) is 17.8 Å². The van der Waals surface area contributed by atoms with Crippen LogP contribution in [0.1, 0.15) is 50.5 Å². The SMILES string of the molecule is NC(c1n[nH]c(=S)o1)C12CC3CC(CC(C3)C1)C2. The van der Waals surface area contributed by atoms with Crippen molar-refractivity contribution in [3.63, 3.8) is 0 Å². The normalized spacial score (nSPS) is 43.3. The van der Waals surface area contributed by atoms with E-state index in [9.17, 15) is 0 Å². The number of hydrogen-bond donors (Lipinski definition) is 2. The van der Waals surface area contributed by atoms with Crippen LogP contribution >= 0.6 is 12.2 Å². The van der Waals surface area contributed by atoms with Crippen LogP contribution in [0.2, 0.25) is 0 Å². The van der Waals surface area contributed by atoms with Crippen molar-refractivity contribution in [1.82, 2.24) is 10.2 Å². The quantitative estimate of drug-likeness (QED) is 0.807. The lowest BCUT2D eigenvalue weighted by atomic mass is 9.48. The monoisotopic (exact) mass is 265 g/mol. The Balaban J connectivity index is 1.69. The summed E-state index contributed by atoms with van der Waals surface area (Å²) in [5, 5.41) is 6.85. The minimum absolute atomic E-state index is 0.0844. The van der Waals surface area contributed by atoms with Gasteiger partial charge in [0.25, 0.3) is 4.84 Å². The third-order valence-corrected chi connectivity index (χ3v) is 5.64. The molecule has 4 bridgehead atoms. The lowest BCUT2D eigenvalue weighted by Crippen LogP contribution is -2.50. The first-order valence-electron chi connectivity index (χ1n) is 6.96. The fourth-order valence-corrected chi connectivity index (χ4v) is 5.33. The van der Waals surface area contributed by atoms with E-state index in [0.29, 0.717) is 10.7 Å². The molecule has 0 spiro atoms. The van der Waals surface area contributed by atoms with Crippen molar-refractivity contribution < 1.29 is 4.42 Å². The molecule has 18 heavy (non-hydrogen) atoms. The summed E-state index contributed by atoms with van der Waals surface area (Å²) in [6.45, 7) is 0. The van der Waals surface area contributed by atoms with Gasteiger partial charge in [0.2, 0.25) is 5.89 Å². The molecule has 1 aromatic heterocycles. The summed E-state index contributed by atoms with van der Waals surface area (Å²) in [5.41, 5.74) is 6.72. The molecule has 4 nitrogen and oxygen atoms in total. The van der Waals surface area contributed by atoms with Crippen molar-refractivity contribution in [3.05, 3.63) is 10.7 Å². The van der Waals surface area contributed by atoms with Crippen molar-refractivity contribution in [3.8, 4) is 0 Å². The highest BCUT2D eigenvalue weighted by atomic mass is 32.1. The van der Waals surface area contributed by atoms with E-state index in [-0.39, 0.29) is 11.5 Å². The maximum absolute atomic E-state index is 6.48. The number of aromatic amines is 1. The van der Waals surface area contributed by atoms with E-state index in [1.807, 2.05) is 0 Å². The number of aromatic nitrogens is 2. The average molecular weight is 265 g/mol. The molecule has 0 radical (unpaired) electrons. The lowest BCUT2D eigenvalue weighted by Gasteiger charge is -2.58. The Hall–Kier alpha value is -0.680. The van der Waals surface area contributed by atoms with Gasteiger partial charge in [-0.05, 0) is 73.9 Å². The number of nitrogens with zero attached hydrogens (tertiary/aromatic N) is 1. The predicted molar refractivity (Wildman–Crippen MR) is 69.2 cm³/mol. The summed E-state index contributed by atoms with van der Waals surface area (Å²) in [6.07, 6.45) is 8.06. The molecule has 4 aliphatic rings. The van der Waals surface area contributed by atoms with Crippen LogP contribution in [0.5, 0.6) is 0 Å². The number of nitrogens with two attached hydrogens (primary N) is 1. The van der Waals surface area contributed by atoms with Crippen molar-refractivity contribution in [2.24, 2.45) is 28.9 Å². The third-order valence-electron chi connectivity index (χ3n) is 5.47. The second kappa shape index (κ2) is 3.67. The van der Waals surface area contributed by atoms with Gasteiger partial charge in [-0.25, -0.2) is 5.10 Å². The Bertz CT molecular complexity index is 485. The summed E-state index contributed by atoms with van der Waals surface area (Å²) in [5.74, 6) is 3.29. The first-order valence-corrected chi connectivity index (χ1v) is 7.36. The Morgan fingerprint density at radius 1 is 1.22 bits per heavy atom. The highest BCUT2D eigenvalue weighted by molar-refractivity contribution is 7.71. The molecule has 0 aromatic carbocycles. The van der Waals surface area contributed by atoms with E-state index >= 15 is 0 Å². The van der Waals surface area contributed by atoms with Gasteiger partial charge < -0.3 is 10.2 Å². The van der Waals surface area contributed by atoms with Crippen LogP contribution in [-0.4, -0.2) is 10.2 Å². The molecule has 5 rings (SSSR count). The lowest BCUT2D eigenvalue weighted by molar-refractivity contribution is -0.0718. The minimum Gasteiger partial charge on any atom is -0.412 e. The zero-order chi connectivity index (χ0) is 12.3. The van der Waals surface area contributed by atoms with Gasteiger partial charge in [-0.1, -0.05) is 0 Å². The van der Waals surface area contributed by atoms with Gasteiger partial charge in [0.1, 0.15) is 0 Å². The average Bonchev–Trinajstić information content (AvgIpc) is 2.73. The number of hydrogen-bond acceptors (Lipinski definition) is 4. The van der Waals surface area contributed by atoms with Crippen LogP contribution in [0.4, 0.5) is 0 Å². The van der Waals surface area contributed by atoms with Crippen LogP contribution in [-0.2, 0) is 0 Å². The van der Waals surface area contributed by atoms with E-state index in [1.165, 1.54) is 38.5 Å². The molecule has 1 heterocycles. The minimum atomic E-state index is -0.0844. The summed E-state index contributed by atoms with van der Waals surface area (Å²) in [6, 6.07) is -0.0844. The first kappa shape index (κ1) is 11.2. The van der Waals surface area contributed by atoms with E-state index in [2.05, 4.69) is 10.2 Å². The van der Waals surface area contributed by atoms with Crippen LogP contribution in [0, 0.1) is 28.0 Å². The fourth-order valence-electron chi connectivity index (χ4n) is 5.19. The smallest absolute Gasteiger partial charge is 0.284 e. The molecule has 98 valence electrons. The van der Waals surface area contributed by atoms with Crippen molar-refractivity contribution in [2.45, 2.75) is 44.6 Å². The maximum Gasteiger partial charge on any atom is 0.284 e. The summed E-state index contributed by atoms with van der Waals surface area (Å²) in [4.78, 5) is 0.338. The van der Waals surface area contributed by atoms with Gasteiger partial charge in [0, 0.05) is 0 Å². The van der Waals surface area contributed by atoms with Gasteiger partial charge >= 0.3 is 0 Å². The molecule has 4 aliphatic carbocycles. The van der Waals surface area contributed by atoms with Crippen LogP contribution in [0.15, 0.2) is 4.42 Å². The Morgan fingerprint density at radius 2 is 1.78 bits per heavy atom. The molecule has 0 saturated heterocycles. The molecule has 0 amide bonds. The highest BCUT2D eigenvalue weighted by Crippen LogP contribution is 2.63. The summed E-state index contributed by atoms with van der Waals surface area (Å²) in [7, 11) is 0. The van der Waals surface area contributed by atoms with Gasteiger partial charge in [-0.15, -0.1) is 5.10 Å². The summed E-state index contributed by atoms with van der Waals surface area (Å²) < 4.78 is 5.46. The standard InChI is InChI=1S/C13H19N3OS/c14-10(11-15-16-12(18)17-11)13-4-7-1-8(5-13)3-9(2-7)6-13/h7-10H,1-6,14H2,(H,16,18). The zero-order valence-corrected chi connectivity index (χ0v) is 11.2. The fraction of sp³-hybridized carbons (Fsp3) is 0.846. The topological polar surface area (TPSA) is 67.8 Å². The van der Waals surface area contributed by atoms with Crippen molar-refractivity contribution >= 4 is 12.2 Å². The molecule has 4 fully saturated rings. The summed E-state index contributed by atoms with van der Waals surface area (Å²) >= 11 is 4.95. The van der Waals surface area contributed by atoms with Gasteiger partial charge in [-0.2, -0.15) is 0 Å². The van der Waals surface area contributed by atoms with Crippen molar-refractivity contribution in [2.75, 3.05) is 0 Å². The molecule has 3 N–H and O–H groups in total. The molecule has 5 heteroatoms. The second-order valence-corrected chi connectivity index (χ2v) is 7.08. The van der Waals surface area contributed by atoms with E-state index in [1.54, 1.807) is 0 Å². The third kappa shape index (κ3) is 1.53. The Kier molecular flexibility index (Phi) is 2.28. The highest BCUT2D eigenvalue weighted by Gasteiger charge is 2.54. The second-order valence-electron chi connectivity index (χ2n) is 6.71.